The first kappa shape index (κ1) is 15.3. The van der Waals surface area contributed by atoms with E-state index in [0.29, 0.717) is 5.57 Å². The summed E-state index contributed by atoms with van der Waals surface area (Å²) >= 11 is 0. The number of hydrogen-bond acceptors (Lipinski definition) is 4. The van der Waals surface area contributed by atoms with E-state index in [2.05, 4.69) is 0 Å². The Hall–Kier alpha value is -2.72. The van der Waals surface area contributed by atoms with Crippen molar-refractivity contribution >= 4 is 5.57 Å². The number of rotatable bonds is 4. The van der Waals surface area contributed by atoms with E-state index in [0.717, 1.165) is 11.4 Å². The number of nitrogens with zero attached hydrogens (tertiary/aromatic N) is 4. The van der Waals surface area contributed by atoms with Gasteiger partial charge in [0.2, 0.25) is 0 Å². The van der Waals surface area contributed by atoms with Crippen molar-refractivity contribution in [2.75, 3.05) is 28.2 Å². The van der Waals surface area contributed by atoms with E-state index in [1.165, 1.54) is 0 Å². The van der Waals surface area contributed by atoms with Crippen LogP contribution in [-0.4, -0.2) is 38.0 Å². The van der Waals surface area contributed by atoms with Crippen molar-refractivity contribution in [3.05, 3.63) is 53.4 Å². The summed E-state index contributed by atoms with van der Waals surface area (Å²) in [7, 11) is 7.69. The highest BCUT2D eigenvalue weighted by atomic mass is 15.3. The SMILES string of the molecule is CN(C)C(=CC(=C(C#N)C#N)c1ccccc1)N(C)C. The summed E-state index contributed by atoms with van der Waals surface area (Å²) in [6.07, 6.45) is 1.86. The van der Waals surface area contributed by atoms with Crippen molar-refractivity contribution in [3.63, 3.8) is 0 Å². The highest BCUT2D eigenvalue weighted by molar-refractivity contribution is 5.82. The van der Waals surface area contributed by atoms with Gasteiger partial charge in [-0.3, -0.25) is 0 Å². The van der Waals surface area contributed by atoms with Gasteiger partial charge in [0.15, 0.2) is 0 Å². The summed E-state index contributed by atoms with van der Waals surface area (Å²) in [5.74, 6) is 0.909. The van der Waals surface area contributed by atoms with Crippen LogP contribution in [0.25, 0.3) is 5.57 Å². The van der Waals surface area contributed by atoms with E-state index in [9.17, 15) is 0 Å². The second-order valence-electron chi connectivity index (χ2n) is 4.67. The molecular formula is C16H18N4. The fraction of sp³-hybridized carbons (Fsp3) is 0.250. The van der Waals surface area contributed by atoms with E-state index in [1.807, 2.05) is 86.5 Å². The van der Waals surface area contributed by atoms with Crippen molar-refractivity contribution in [3.8, 4) is 12.1 Å². The van der Waals surface area contributed by atoms with Gasteiger partial charge in [0.05, 0.1) is 0 Å². The molecule has 0 atom stereocenters. The van der Waals surface area contributed by atoms with Gasteiger partial charge in [0.25, 0.3) is 0 Å². The number of hydrogen-bond donors (Lipinski definition) is 0. The number of nitriles is 2. The standard InChI is InChI=1S/C16H18N4/c1-19(2)16(20(3)4)10-15(14(11-17)12-18)13-8-6-5-7-9-13/h5-10H,1-4H3. The molecule has 1 rings (SSSR count). The van der Waals surface area contributed by atoms with Gasteiger partial charge >= 0.3 is 0 Å². The van der Waals surface area contributed by atoms with Gasteiger partial charge in [-0.2, -0.15) is 10.5 Å². The monoisotopic (exact) mass is 266 g/mol. The molecule has 0 saturated heterocycles. The fourth-order valence-corrected chi connectivity index (χ4v) is 1.85. The largest absolute Gasteiger partial charge is 0.364 e. The Morgan fingerprint density at radius 2 is 1.45 bits per heavy atom. The molecule has 0 N–H and O–H groups in total. The smallest absolute Gasteiger partial charge is 0.137 e. The molecule has 0 aliphatic carbocycles. The average molecular weight is 266 g/mol. The van der Waals surface area contributed by atoms with Crippen LogP contribution in [0.5, 0.6) is 0 Å². The van der Waals surface area contributed by atoms with E-state index in [-0.39, 0.29) is 5.57 Å². The summed E-state index contributed by atoms with van der Waals surface area (Å²) in [6, 6.07) is 13.4. The van der Waals surface area contributed by atoms with E-state index >= 15 is 0 Å². The second kappa shape index (κ2) is 7.01. The topological polar surface area (TPSA) is 54.1 Å². The fourth-order valence-electron chi connectivity index (χ4n) is 1.85. The minimum absolute atomic E-state index is 0.109. The molecule has 0 saturated carbocycles. The highest BCUT2D eigenvalue weighted by Crippen LogP contribution is 2.22. The predicted molar refractivity (Wildman–Crippen MR) is 80.0 cm³/mol. The lowest BCUT2D eigenvalue weighted by Crippen LogP contribution is -2.24. The van der Waals surface area contributed by atoms with Crippen molar-refractivity contribution in [1.82, 2.24) is 9.80 Å². The average Bonchev–Trinajstić information content (AvgIpc) is 2.43. The third kappa shape index (κ3) is 3.63. The Morgan fingerprint density at radius 3 is 1.85 bits per heavy atom. The molecule has 4 nitrogen and oxygen atoms in total. The van der Waals surface area contributed by atoms with Crippen LogP contribution in [0.4, 0.5) is 0 Å². The molecule has 0 aliphatic heterocycles. The predicted octanol–water partition coefficient (Wildman–Crippen LogP) is 2.45. The molecule has 20 heavy (non-hydrogen) atoms. The van der Waals surface area contributed by atoms with Gasteiger partial charge < -0.3 is 9.80 Å². The van der Waals surface area contributed by atoms with Crippen molar-refractivity contribution in [1.29, 1.82) is 10.5 Å². The lowest BCUT2D eigenvalue weighted by atomic mass is 10.0. The summed E-state index contributed by atoms with van der Waals surface area (Å²) in [6.45, 7) is 0. The molecule has 4 heteroatoms. The van der Waals surface area contributed by atoms with E-state index < -0.39 is 0 Å². The molecule has 0 fully saturated rings. The quantitative estimate of drug-likeness (QED) is 0.620. The second-order valence-corrected chi connectivity index (χ2v) is 4.67. The molecular weight excluding hydrogens is 248 g/mol. The zero-order valence-electron chi connectivity index (χ0n) is 12.3. The molecule has 0 spiro atoms. The summed E-state index contributed by atoms with van der Waals surface area (Å²) in [5, 5.41) is 18.3. The van der Waals surface area contributed by atoms with Gasteiger partial charge in [0.1, 0.15) is 23.5 Å². The Morgan fingerprint density at radius 1 is 0.950 bits per heavy atom. The van der Waals surface area contributed by atoms with Crippen LogP contribution in [-0.2, 0) is 0 Å². The van der Waals surface area contributed by atoms with Crippen LogP contribution in [0, 0.1) is 22.7 Å². The Balaban J connectivity index is 3.51. The first-order valence-electron chi connectivity index (χ1n) is 6.17. The number of allylic oxidation sites excluding steroid dienone is 3. The molecule has 0 aliphatic rings. The van der Waals surface area contributed by atoms with E-state index in [1.54, 1.807) is 0 Å². The molecule has 1 aromatic carbocycles. The molecule has 102 valence electrons. The van der Waals surface area contributed by atoms with Gasteiger partial charge in [-0.15, -0.1) is 0 Å². The van der Waals surface area contributed by atoms with Gasteiger partial charge in [0, 0.05) is 33.8 Å². The Labute approximate surface area is 120 Å². The van der Waals surface area contributed by atoms with Crippen molar-refractivity contribution in [2.45, 2.75) is 0 Å². The van der Waals surface area contributed by atoms with Gasteiger partial charge in [-0.25, -0.2) is 0 Å². The van der Waals surface area contributed by atoms with Crippen LogP contribution >= 0.6 is 0 Å². The molecule has 0 aromatic heterocycles. The molecule has 0 unspecified atom stereocenters. The number of benzene rings is 1. The lowest BCUT2D eigenvalue weighted by Gasteiger charge is -2.25. The van der Waals surface area contributed by atoms with Crippen molar-refractivity contribution in [2.24, 2.45) is 0 Å². The molecule has 0 bridgehead atoms. The van der Waals surface area contributed by atoms with E-state index in [4.69, 9.17) is 10.5 Å². The summed E-state index contributed by atoms with van der Waals surface area (Å²) in [5.41, 5.74) is 1.59. The highest BCUT2D eigenvalue weighted by Gasteiger charge is 2.10. The Kier molecular flexibility index (Phi) is 5.38. The van der Waals surface area contributed by atoms with Crippen LogP contribution in [0.3, 0.4) is 0 Å². The first-order chi connectivity index (χ1) is 9.51. The van der Waals surface area contributed by atoms with Crippen LogP contribution in [0.2, 0.25) is 0 Å². The third-order valence-electron chi connectivity index (χ3n) is 2.77. The lowest BCUT2D eigenvalue weighted by molar-refractivity contribution is 0.343. The molecule has 0 heterocycles. The minimum atomic E-state index is 0.109. The van der Waals surface area contributed by atoms with Crippen LogP contribution in [0.1, 0.15) is 5.56 Å². The first-order valence-corrected chi connectivity index (χ1v) is 6.17. The molecule has 0 amide bonds. The zero-order chi connectivity index (χ0) is 15.1. The minimum Gasteiger partial charge on any atom is -0.364 e. The van der Waals surface area contributed by atoms with Crippen LogP contribution < -0.4 is 0 Å². The maximum atomic E-state index is 9.16. The molecule has 0 radical (unpaired) electrons. The summed E-state index contributed by atoms with van der Waals surface area (Å²) in [4.78, 5) is 3.88. The van der Waals surface area contributed by atoms with Crippen molar-refractivity contribution < 1.29 is 0 Å². The maximum Gasteiger partial charge on any atom is 0.137 e. The maximum absolute atomic E-state index is 9.16. The molecule has 1 aromatic rings. The zero-order valence-corrected chi connectivity index (χ0v) is 12.3. The van der Waals surface area contributed by atoms with Gasteiger partial charge in [-0.05, 0) is 11.6 Å². The van der Waals surface area contributed by atoms with Crippen LogP contribution in [0.15, 0.2) is 47.8 Å². The Bertz CT molecular complexity index is 570. The normalized spacial score (nSPS) is 8.90. The summed E-state index contributed by atoms with van der Waals surface area (Å²) < 4.78 is 0. The van der Waals surface area contributed by atoms with Gasteiger partial charge in [-0.1, -0.05) is 30.3 Å². The third-order valence-corrected chi connectivity index (χ3v) is 2.77.